The normalized spacial score (nSPS) is 17.4. The molecule has 0 amide bonds. The van der Waals surface area contributed by atoms with E-state index < -0.39 is 20.7 Å². The Hall–Kier alpha value is -2.81. The third kappa shape index (κ3) is 2.94. The van der Waals surface area contributed by atoms with Gasteiger partial charge in [-0.15, -0.1) is 0 Å². The van der Waals surface area contributed by atoms with Crippen LogP contribution in [-0.2, 0) is 10.0 Å². The van der Waals surface area contributed by atoms with Crippen molar-refractivity contribution >= 4 is 21.4 Å². The molecule has 0 aromatic heterocycles. The van der Waals surface area contributed by atoms with Crippen LogP contribution in [0.25, 0.3) is 0 Å². The monoisotopic (exact) mass is 376 g/mol. The summed E-state index contributed by atoms with van der Waals surface area (Å²) in [6, 6.07) is 9.55. The smallest absolute Gasteiger partial charge is 0.269 e. The molecule has 2 aliphatic rings. The van der Waals surface area contributed by atoms with E-state index in [0.717, 1.165) is 37.8 Å². The number of nitrogens with one attached hydrogen (secondary N) is 1. The fourth-order valence-electron chi connectivity index (χ4n) is 3.24. The molecular formula is C17H16N2O6S. The maximum atomic E-state index is 12.5. The maximum Gasteiger partial charge on any atom is 0.269 e. The zero-order valence-electron chi connectivity index (χ0n) is 13.7. The molecule has 1 aliphatic heterocycles. The highest BCUT2D eigenvalue weighted by Gasteiger charge is 2.44. The molecule has 4 rings (SSSR count). The first-order valence-corrected chi connectivity index (χ1v) is 9.65. The SMILES string of the molecule is O=[N+]([O-])c1ccc(S(=O)(=O)Nc2ccc3c(c2)OC2(CCCC2)O3)cc1. The standard InChI is InChI=1S/C17H16N2O6S/c20-19(21)13-4-6-14(7-5-13)26(22,23)18-12-3-8-15-16(11-12)25-17(24-15)9-1-2-10-17/h3-8,11,18H,1-2,9-10H2. The predicted molar refractivity (Wildman–Crippen MR) is 92.8 cm³/mol. The molecule has 0 atom stereocenters. The van der Waals surface area contributed by atoms with Gasteiger partial charge in [-0.25, -0.2) is 8.42 Å². The highest BCUT2D eigenvalue weighted by Crippen LogP contribution is 2.47. The van der Waals surface area contributed by atoms with E-state index in [2.05, 4.69) is 4.72 Å². The first-order valence-electron chi connectivity index (χ1n) is 8.16. The average molecular weight is 376 g/mol. The second-order valence-electron chi connectivity index (χ2n) is 6.34. The third-order valence-electron chi connectivity index (χ3n) is 4.51. The summed E-state index contributed by atoms with van der Waals surface area (Å²) in [6.45, 7) is 0. The molecule has 1 spiro atoms. The summed E-state index contributed by atoms with van der Waals surface area (Å²) >= 11 is 0. The molecular weight excluding hydrogens is 360 g/mol. The first kappa shape index (κ1) is 16.6. The van der Waals surface area contributed by atoms with Crippen LogP contribution in [0.2, 0.25) is 0 Å². The fraction of sp³-hybridized carbons (Fsp3) is 0.294. The molecule has 26 heavy (non-hydrogen) atoms. The lowest BCUT2D eigenvalue weighted by Crippen LogP contribution is -2.34. The fourth-order valence-corrected chi connectivity index (χ4v) is 4.29. The molecule has 1 heterocycles. The number of fused-ring (bicyclic) bond motifs is 1. The quantitative estimate of drug-likeness (QED) is 0.647. The first-order chi connectivity index (χ1) is 12.4. The van der Waals surface area contributed by atoms with Crippen LogP contribution < -0.4 is 14.2 Å². The molecule has 1 N–H and O–H groups in total. The lowest BCUT2D eigenvalue weighted by Gasteiger charge is -2.21. The number of anilines is 1. The molecule has 0 saturated heterocycles. The van der Waals surface area contributed by atoms with E-state index in [-0.39, 0.29) is 10.6 Å². The van der Waals surface area contributed by atoms with Gasteiger partial charge in [0.15, 0.2) is 11.5 Å². The van der Waals surface area contributed by atoms with Crippen LogP contribution in [0.1, 0.15) is 25.7 Å². The number of non-ortho nitro benzene ring substituents is 1. The van der Waals surface area contributed by atoms with Gasteiger partial charge < -0.3 is 9.47 Å². The number of hydrogen-bond acceptors (Lipinski definition) is 6. The number of ether oxygens (including phenoxy) is 2. The zero-order chi connectivity index (χ0) is 18.4. The van der Waals surface area contributed by atoms with Crippen molar-refractivity contribution in [1.29, 1.82) is 0 Å². The van der Waals surface area contributed by atoms with Crippen molar-refractivity contribution in [1.82, 2.24) is 0 Å². The molecule has 9 heteroatoms. The van der Waals surface area contributed by atoms with Gasteiger partial charge in [-0.3, -0.25) is 14.8 Å². The molecule has 8 nitrogen and oxygen atoms in total. The van der Waals surface area contributed by atoms with Crippen LogP contribution in [0, 0.1) is 10.1 Å². The minimum atomic E-state index is -3.87. The molecule has 0 unspecified atom stereocenters. The second-order valence-corrected chi connectivity index (χ2v) is 8.02. The minimum Gasteiger partial charge on any atom is -0.448 e. The van der Waals surface area contributed by atoms with Crippen molar-refractivity contribution in [2.75, 3.05) is 4.72 Å². The lowest BCUT2D eigenvalue weighted by atomic mass is 10.2. The molecule has 1 fully saturated rings. The summed E-state index contributed by atoms with van der Waals surface area (Å²) in [5.41, 5.74) is 0.162. The maximum absolute atomic E-state index is 12.5. The van der Waals surface area contributed by atoms with Gasteiger partial charge in [0.25, 0.3) is 21.5 Å². The predicted octanol–water partition coefficient (Wildman–Crippen LogP) is 3.44. The van der Waals surface area contributed by atoms with Crippen molar-refractivity contribution in [3.8, 4) is 11.5 Å². The summed E-state index contributed by atoms with van der Waals surface area (Å²) in [7, 11) is -3.87. The summed E-state index contributed by atoms with van der Waals surface area (Å²) in [4.78, 5) is 10.0. The van der Waals surface area contributed by atoms with Crippen LogP contribution in [0.3, 0.4) is 0 Å². The Morgan fingerprint density at radius 1 is 1.00 bits per heavy atom. The number of rotatable bonds is 4. The van der Waals surface area contributed by atoms with Gasteiger partial charge >= 0.3 is 0 Å². The van der Waals surface area contributed by atoms with E-state index in [1.165, 1.54) is 12.1 Å². The van der Waals surface area contributed by atoms with Gasteiger partial charge in [0, 0.05) is 31.0 Å². The molecule has 2 aromatic rings. The van der Waals surface area contributed by atoms with Crippen molar-refractivity contribution in [2.24, 2.45) is 0 Å². The molecule has 1 saturated carbocycles. The third-order valence-corrected chi connectivity index (χ3v) is 5.91. The van der Waals surface area contributed by atoms with E-state index in [1.807, 2.05) is 0 Å². The van der Waals surface area contributed by atoms with Gasteiger partial charge in [-0.05, 0) is 37.1 Å². The molecule has 136 valence electrons. The van der Waals surface area contributed by atoms with Gasteiger partial charge in [-0.1, -0.05) is 0 Å². The minimum absolute atomic E-state index is 0.0620. The highest BCUT2D eigenvalue weighted by molar-refractivity contribution is 7.92. The molecule has 0 radical (unpaired) electrons. The number of nitro benzene ring substituents is 1. The van der Waals surface area contributed by atoms with Gasteiger partial charge in [-0.2, -0.15) is 0 Å². The number of benzene rings is 2. The van der Waals surface area contributed by atoms with Crippen molar-refractivity contribution in [3.05, 3.63) is 52.6 Å². The molecule has 2 aromatic carbocycles. The van der Waals surface area contributed by atoms with Crippen LogP contribution in [0.4, 0.5) is 11.4 Å². The van der Waals surface area contributed by atoms with Crippen LogP contribution in [0.15, 0.2) is 47.4 Å². The Kier molecular flexibility index (Phi) is 3.76. The van der Waals surface area contributed by atoms with E-state index in [9.17, 15) is 18.5 Å². The van der Waals surface area contributed by atoms with E-state index in [1.54, 1.807) is 18.2 Å². The zero-order valence-corrected chi connectivity index (χ0v) is 14.5. The van der Waals surface area contributed by atoms with Crippen LogP contribution in [0.5, 0.6) is 11.5 Å². The van der Waals surface area contributed by atoms with E-state index in [0.29, 0.717) is 17.2 Å². The Labute approximate surface area is 149 Å². The molecule has 1 aliphatic carbocycles. The number of sulfonamides is 1. The van der Waals surface area contributed by atoms with Crippen molar-refractivity contribution < 1.29 is 22.8 Å². The largest absolute Gasteiger partial charge is 0.448 e. The van der Waals surface area contributed by atoms with Crippen molar-refractivity contribution in [2.45, 2.75) is 36.4 Å². The van der Waals surface area contributed by atoms with E-state index >= 15 is 0 Å². The topological polar surface area (TPSA) is 108 Å². The van der Waals surface area contributed by atoms with E-state index in [4.69, 9.17) is 9.47 Å². The Bertz CT molecular complexity index is 965. The summed E-state index contributed by atoms with van der Waals surface area (Å²) in [5.74, 6) is 0.499. The lowest BCUT2D eigenvalue weighted by molar-refractivity contribution is -0.384. The highest BCUT2D eigenvalue weighted by atomic mass is 32.2. The Morgan fingerprint density at radius 2 is 1.65 bits per heavy atom. The Morgan fingerprint density at radius 3 is 2.31 bits per heavy atom. The van der Waals surface area contributed by atoms with Crippen LogP contribution in [-0.4, -0.2) is 19.1 Å². The second kappa shape index (κ2) is 5.87. The van der Waals surface area contributed by atoms with Gasteiger partial charge in [0.1, 0.15) is 0 Å². The van der Waals surface area contributed by atoms with Gasteiger partial charge in [0.05, 0.1) is 15.5 Å². The number of hydrogen-bond donors (Lipinski definition) is 1. The average Bonchev–Trinajstić information content (AvgIpc) is 3.20. The van der Waals surface area contributed by atoms with Crippen LogP contribution >= 0.6 is 0 Å². The van der Waals surface area contributed by atoms with Crippen molar-refractivity contribution in [3.63, 3.8) is 0 Å². The molecule has 0 bridgehead atoms. The number of nitrogens with zero attached hydrogens (tertiary/aromatic N) is 1. The summed E-state index contributed by atoms with van der Waals surface area (Å²) in [5, 5.41) is 10.7. The van der Waals surface area contributed by atoms with Gasteiger partial charge in [0.2, 0.25) is 0 Å². The summed E-state index contributed by atoms with van der Waals surface area (Å²) < 4.78 is 39.2. The summed E-state index contributed by atoms with van der Waals surface area (Å²) in [6.07, 6.45) is 3.69. The Balaban J connectivity index is 1.55. The number of nitro groups is 1.